The molecule has 0 bridgehead atoms. The molecule has 1 aromatic heterocycles. The molecule has 1 amide bonds. The lowest BCUT2D eigenvalue weighted by Crippen LogP contribution is -2.12. The number of pyridine rings is 1. The summed E-state index contributed by atoms with van der Waals surface area (Å²) in [6.45, 7) is 0. The Kier molecular flexibility index (Phi) is 4.39. The monoisotopic (exact) mass is 306 g/mol. The third-order valence-electron chi connectivity index (χ3n) is 2.67. The third kappa shape index (κ3) is 3.49. The normalized spacial score (nSPS) is 10.0. The number of benzene rings is 1. The van der Waals surface area contributed by atoms with Crippen molar-refractivity contribution in [2.75, 3.05) is 12.4 Å². The van der Waals surface area contributed by atoms with Gasteiger partial charge in [0.1, 0.15) is 0 Å². The lowest BCUT2D eigenvalue weighted by atomic mass is 10.2. The Morgan fingerprint density at radius 3 is 2.57 bits per heavy atom. The highest BCUT2D eigenvalue weighted by atomic mass is 35.5. The standard InChI is InChI=1S/C14H11ClN2O4/c1-21-12-5-2-8(7-16-12)13(18)17-9-3-4-10(14(19)20)11(15)6-9/h2-7H,1H3,(H,17,18)(H,19,20). The number of carbonyl (C=O) groups excluding carboxylic acids is 1. The molecule has 6 nitrogen and oxygen atoms in total. The second-order valence-electron chi connectivity index (χ2n) is 4.04. The average Bonchev–Trinajstić information content (AvgIpc) is 2.47. The molecule has 0 aliphatic carbocycles. The summed E-state index contributed by atoms with van der Waals surface area (Å²) in [7, 11) is 1.48. The number of hydrogen-bond acceptors (Lipinski definition) is 4. The summed E-state index contributed by atoms with van der Waals surface area (Å²) in [5, 5.41) is 11.5. The minimum atomic E-state index is -1.13. The molecule has 0 spiro atoms. The Morgan fingerprint density at radius 2 is 2.05 bits per heavy atom. The molecule has 2 N–H and O–H groups in total. The van der Waals surface area contributed by atoms with Crippen LogP contribution in [-0.2, 0) is 0 Å². The zero-order chi connectivity index (χ0) is 15.4. The van der Waals surface area contributed by atoms with Crippen molar-refractivity contribution in [1.29, 1.82) is 0 Å². The molecule has 1 heterocycles. The SMILES string of the molecule is COc1ccc(C(=O)Nc2ccc(C(=O)O)c(Cl)c2)cn1. The molecular formula is C14H11ClN2O4. The number of rotatable bonds is 4. The maximum atomic E-state index is 12.0. The third-order valence-corrected chi connectivity index (χ3v) is 2.98. The Hall–Kier alpha value is -2.60. The Morgan fingerprint density at radius 1 is 1.29 bits per heavy atom. The van der Waals surface area contributed by atoms with Crippen LogP contribution in [0.2, 0.25) is 5.02 Å². The van der Waals surface area contributed by atoms with E-state index in [0.717, 1.165) is 0 Å². The van der Waals surface area contributed by atoms with E-state index in [2.05, 4.69) is 10.3 Å². The molecule has 0 atom stereocenters. The zero-order valence-electron chi connectivity index (χ0n) is 11.0. The number of nitrogens with one attached hydrogen (secondary N) is 1. The van der Waals surface area contributed by atoms with E-state index in [4.69, 9.17) is 21.4 Å². The molecule has 1 aromatic carbocycles. The quantitative estimate of drug-likeness (QED) is 0.906. The van der Waals surface area contributed by atoms with Gasteiger partial charge in [-0.2, -0.15) is 0 Å². The van der Waals surface area contributed by atoms with Gasteiger partial charge in [-0.3, -0.25) is 4.79 Å². The number of anilines is 1. The first-order valence-electron chi connectivity index (χ1n) is 5.85. The summed E-state index contributed by atoms with van der Waals surface area (Å²) >= 11 is 5.83. The Bertz CT molecular complexity index is 686. The number of nitrogens with zero attached hydrogens (tertiary/aromatic N) is 1. The molecule has 108 valence electrons. The van der Waals surface area contributed by atoms with Gasteiger partial charge >= 0.3 is 5.97 Å². The summed E-state index contributed by atoms with van der Waals surface area (Å²) in [6, 6.07) is 7.29. The van der Waals surface area contributed by atoms with E-state index in [9.17, 15) is 9.59 Å². The van der Waals surface area contributed by atoms with Crippen LogP contribution in [0.4, 0.5) is 5.69 Å². The van der Waals surface area contributed by atoms with E-state index in [1.807, 2.05) is 0 Å². The van der Waals surface area contributed by atoms with Crippen molar-refractivity contribution < 1.29 is 19.4 Å². The number of halogens is 1. The Labute approximate surface area is 125 Å². The van der Waals surface area contributed by atoms with Gasteiger partial charge < -0.3 is 15.2 Å². The van der Waals surface area contributed by atoms with E-state index < -0.39 is 5.97 Å². The van der Waals surface area contributed by atoms with Crippen LogP contribution in [0.1, 0.15) is 20.7 Å². The molecule has 0 fully saturated rings. The van der Waals surface area contributed by atoms with Crippen LogP contribution >= 0.6 is 11.6 Å². The van der Waals surface area contributed by atoms with Gasteiger partial charge in [0, 0.05) is 18.0 Å². The number of amides is 1. The molecule has 21 heavy (non-hydrogen) atoms. The second kappa shape index (κ2) is 6.23. The van der Waals surface area contributed by atoms with Gasteiger partial charge in [-0.05, 0) is 24.3 Å². The number of carboxylic acids is 1. The molecule has 0 saturated heterocycles. The lowest BCUT2D eigenvalue weighted by molar-refractivity contribution is 0.0697. The highest BCUT2D eigenvalue weighted by molar-refractivity contribution is 6.33. The summed E-state index contributed by atoms with van der Waals surface area (Å²) in [5.41, 5.74) is 0.709. The van der Waals surface area contributed by atoms with Crippen LogP contribution in [-0.4, -0.2) is 29.1 Å². The van der Waals surface area contributed by atoms with Gasteiger partial charge in [-0.15, -0.1) is 0 Å². The molecule has 7 heteroatoms. The predicted molar refractivity (Wildman–Crippen MR) is 77.2 cm³/mol. The minimum Gasteiger partial charge on any atom is -0.481 e. The number of hydrogen-bond donors (Lipinski definition) is 2. The molecule has 2 rings (SSSR count). The van der Waals surface area contributed by atoms with Gasteiger partial charge in [-0.1, -0.05) is 11.6 Å². The van der Waals surface area contributed by atoms with Crippen molar-refractivity contribution in [3.8, 4) is 5.88 Å². The number of methoxy groups -OCH3 is 1. The van der Waals surface area contributed by atoms with Crippen molar-refractivity contribution >= 4 is 29.2 Å². The smallest absolute Gasteiger partial charge is 0.337 e. The molecule has 0 radical (unpaired) electrons. The fourth-order valence-electron chi connectivity index (χ4n) is 1.60. The van der Waals surface area contributed by atoms with E-state index in [1.165, 1.54) is 31.5 Å². The van der Waals surface area contributed by atoms with E-state index in [1.54, 1.807) is 12.1 Å². The van der Waals surface area contributed by atoms with Crippen molar-refractivity contribution in [2.45, 2.75) is 0 Å². The highest BCUT2D eigenvalue weighted by Gasteiger charge is 2.11. The summed E-state index contributed by atoms with van der Waals surface area (Å²) in [4.78, 5) is 26.8. The Balaban J connectivity index is 2.15. The largest absolute Gasteiger partial charge is 0.481 e. The minimum absolute atomic E-state index is 0.0271. The van der Waals surface area contributed by atoms with Crippen LogP contribution in [0.5, 0.6) is 5.88 Å². The number of ether oxygens (including phenoxy) is 1. The summed E-state index contributed by atoms with van der Waals surface area (Å²) in [6.07, 6.45) is 1.38. The van der Waals surface area contributed by atoms with Gasteiger partial charge in [0.2, 0.25) is 5.88 Å². The lowest BCUT2D eigenvalue weighted by Gasteiger charge is -2.07. The van der Waals surface area contributed by atoms with Crippen LogP contribution < -0.4 is 10.1 Å². The van der Waals surface area contributed by atoms with Crippen LogP contribution in [0, 0.1) is 0 Å². The molecule has 0 aliphatic rings. The molecule has 0 saturated carbocycles. The second-order valence-corrected chi connectivity index (χ2v) is 4.45. The van der Waals surface area contributed by atoms with E-state index in [-0.39, 0.29) is 16.5 Å². The highest BCUT2D eigenvalue weighted by Crippen LogP contribution is 2.21. The first-order valence-corrected chi connectivity index (χ1v) is 6.23. The van der Waals surface area contributed by atoms with Crippen LogP contribution in [0.15, 0.2) is 36.5 Å². The maximum absolute atomic E-state index is 12.0. The molecule has 0 aliphatic heterocycles. The zero-order valence-corrected chi connectivity index (χ0v) is 11.7. The first kappa shape index (κ1) is 14.8. The summed E-state index contributed by atoms with van der Waals surface area (Å²) in [5.74, 6) is -1.11. The van der Waals surface area contributed by atoms with Gasteiger partial charge in [0.05, 0.1) is 23.3 Å². The average molecular weight is 307 g/mol. The molecule has 2 aromatic rings. The number of carboxylic acid groups (broad SMARTS) is 1. The van der Waals surface area contributed by atoms with Crippen LogP contribution in [0.3, 0.4) is 0 Å². The molecular weight excluding hydrogens is 296 g/mol. The number of aromatic nitrogens is 1. The fourth-order valence-corrected chi connectivity index (χ4v) is 1.87. The first-order chi connectivity index (χ1) is 10.0. The van der Waals surface area contributed by atoms with E-state index >= 15 is 0 Å². The van der Waals surface area contributed by atoms with Crippen molar-refractivity contribution in [3.05, 3.63) is 52.7 Å². The van der Waals surface area contributed by atoms with Gasteiger partial charge in [-0.25, -0.2) is 9.78 Å². The van der Waals surface area contributed by atoms with Crippen LogP contribution in [0.25, 0.3) is 0 Å². The maximum Gasteiger partial charge on any atom is 0.337 e. The fraction of sp³-hybridized carbons (Fsp3) is 0.0714. The van der Waals surface area contributed by atoms with Gasteiger partial charge in [0.25, 0.3) is 5.91 Å². The van der Waals surface area contributed by atoms with Crippen molar-refractivity contribution in [3.63, 3.8) is 0 Å². The summed E-state index contributed by atoms with van der Waals surface area (Å²) < 4.78 is 4.90. The topological polar surface area (TPSA) is 88.5 Å². The van der Waals surface area contributed by atoms with E-state index in [0.29, 0.717) is 17.1 Å². The van der Waals surface area contributed by atoms with Crippen molar-refractivity contribution in [2.24, 2.45) is 0 Å². The number of carbonyl (C=O) groups is 2. The predicted octanol–water partition coefficient (Wildman–Crippen LogP) is 2.69. The molecule has 0 unspecified atom stereocenters. The van der Waals surface area contributed by atoms with Gasteiger partial charge in [0.15, 0.2) is 0 Å². The number of aromatic carboxylic acids is 1. The van der Waals surface area contributed by atoms with Crippen molar-refractivity contribution in [1.82, 2.24) is 4.98 Å².